The van der Waals surface area contributed by atoms with E-state index in [-0.39, 0.29) is 5.56 Å². The summed E-state index contributed by atoms with van der Waals surface area (Å²) in [6.45, 7) is 1.90. The second-order valence-corrected chi connectivity index (χ2v) is 3.89. The van der Waals surface area contributed by atoms with E-state index in [9.17, 15) is 4.79 Å². The number of rotatable bonds is 2. The first-order chi connectivity index (χ1) is 8.11. The summed E-state index contributed by atoms with van der Waals surface area (Å²) in [6.07, 6.45) is 0. The highest BCUT2D eigenvalue weighted by atomic mass is 16.4. The molecule has 0 saturated heterocycles. The third-order valence-corrected chi connectivity index (χ3v) is 2.77. The maximum Gasteiger partial charge on any atom is 0.336 e. The van der Waals surface area contributed by atoms with Crippen LogP contribution < -0.4 is 5.73 Å². The van der Waals surface area contributed by atoms with E-state index < -0.39 is 5.97 Å². The molecule has 0 aliphatic rings. The summed E-state index contributed by atoms with van der Waals surface area (Å²) in [5.41, 5.74) is 9.25. The second kappa shape index (κ2) is 4.29. The predicted molar refractivity (Wildman–Crippen MR) is 68.0 cm³/mol. The molecule has 0 fully saturated rings. The highest BCUT2D eigenvalue weighted by Gasteiger charge is 2.13. The molecule has 17 heavy (non-hydrogen) atoms. The van der Waals surface area contributed by atoms with Gasteiger partial charge >= 0.3 is 5.97 Å². The Hall–Kier alpha value is -2.29. The van der Waals surface area contributed by atoms with E-state index in [0.29, 0.717) is 11.3 Å². The average molecular weight is 227 g/mol. The largest absolute Gasteiger partial charge is 0.478 e. The molecule has 3 nitrogen and oxygen atoms in total. The maximum absolute atomic E-state index is 11.2. The van der Waals surface area contributed by atoms with Crippen LogP contribution in [-0.2, 0) is 0 Å². The smallest absolute Gasteiger partial charge is 0.336 e. The van der Waals surface area contributed by atoms with Gasteiger partial charge < -0.3 is 10.8 Å². The third-order valence-electron chi connectivity index (χ3n) is 2.77. The molecule has 0 spiro atoms. The van der Waals surface area contributed by atoms with Gasteiger partial charge in [0, 0.05) is 11.3 Å². The summed E-state index contributed by atoms with van der Waals surface area (Å²) in [5.74, 6) is -0.943. The number of anilines is 1. The number of nitrogen functional groups attached to an aromatic ring is 1. The van der Waals surface area contributed by atoms with Gasteiger partial charge in [-0.1, -0.05) is 36.4 Å². The van der Waals surface area contributed by atoms with E-state index in [1.165, 1.54) is 0 Å². The number of carboxylic acid groups (broad SMARTS) is 1. The Morgan fingerprint density at radius 1 is 1.06 bits per heavy atom. The molecule has 0 heterocycles. The standard InChI is InChI=1S/C14H13NO2/c1-9-5-4-8-11(13(9)15)10-6-2-3-7-12(10)14(16)17/h2-8H,15H2,1H3,(H,16,17). The monoisotopic (exact) mass is 227 g/mol. The van der Waals surface area contributed by atoms with Crippen LogP contribution in [0.2, 0.25) is 0 Å². The maximum atomic E-state index is 11.2. The normalized spacial score (nSPS) is 10.2. The molecule has 2 rings (SSSR count). The van der Waals surface area contributed by atoms with Gasteiger partial charge in [-0.25, -0.2) is 4.79 Å². The molecule has 0 aromatic heterocycles. The van der Waals surface area contributed by atoms with Crippen LogP contribution in [0.4, 0.5) is 5.69 Å². The summed E-state index contributed by atoms with van der Waals surface area (Å²) >= 11 is 0. The summed E-state index contributed by atoms with van der Waals surface area (Å²) < 4.78 is 0. The van der Waals surface area contributed by atoms with Gasteiger partial charge in [0.2, 0.25) is 0 Å². The van der Waals surface area contributed by atoms with Gasteiger partial charge in [0.05, 0.1) is 5.56 Å². The molecular weight excluding hydrogens is 214 g/mol. The Morgan fingerprint density at radius 2 is 1.71 bits per heavy atom. The van der Waals surface area contributed by atoms with E-state index >= 15 is 0 Å². The summed E-state index contributed by atoms with van der Waals surface area (Å²) in [6, 6.07) is 12.5. The van der Waals surface area contributed by atoms with Crippen molar-refractivity contribution >= 4 is 11.7 Å². The molecule has 0 radical (unpaired) electrons. The van der Waals surface area contributed by atoms with Gasteiger partial charge in [0.15, 0.2) is 0 Å². The Balaban J connectivity index is 2.69. The fourth-order valence-corrected chi connectivity index (χ4v) is 1.82. The van der Waals surface area contributed by atoms with E-state index in [1.54, 1.807) is 18.2 Å². The van der Waals surface area contributed by atoms with Gasteiger partial charge in [-0.3, -0.25) is 0 Å². The first-order valence-electron chi connectivity index (χ1n) is 5.29. The minimum absolute atomic E-state index is 0.268. The molecule has 0 amide bonds. The lowest BCUT2D eigenvalue weighted by atomic mass is 9.96. The highest BCUT2D eigenvalue weighted by molar-refractivity contribution is 5.98. The van der Waals surface area contributed by atoms with Crippen LogP contribution >= 0.6 is 0 Å². The van der Waals surface area contributed by atoms with Crippen molar-refractivity contribution in [2.24, 2.45) is 0 Å². The molecule has 3 heteroatoms. The molecule has 86 valence electrons. The van der Waals surface area contributed by atoms with Gasteiger partial charge in [-0.15, -0.1) is 0 Å². The third kappa shape index (κ3) is 1.99. The molecule has 0 atom stereocenters. The van der Waals surface area contributed by atoms with Crippen molar-refractivity contribution in [1.82, 2.24) is 0 Å². The van der Waals surface area contributed by atoms with Gasteiger partial charge in [0.1, 0.15) is 0 Å². The molecule has 2 aromatic carbocycles. The number of carbonyl (C=O) groups is 1. The molecule has 3 N–H and O–H groups in total. The second-order valence-electron chi connectivity index (χ2n) is 3.89. The molecule has 0 unspecified atom stereocenters. The number of hydrogen-bond acceptors (Lipinski definition) is 2. The zero-order valence-electron chi connectivity index (χ0n) is 9.47. The number of para-hydroxylation sites is 1. The number of nitrogens with two attached hydrogens (primary N) is 1. The number of aromatic carboxylic acids is 1. The Morgan fingerprint density at radius 3 is 2.41 bits per heavy atom. The molecule has 0 saturated carbocycles. The number of benzene rings is 2. The number of carboxylic acids is 1. The lowest BCUT2D eigenvalue weighted by molar-refractivity contribution is 0.0698. The Labute approximate surface area is 99.5 Å². The predicted octanol–water partition coefficient (Wildman–Crippen LogP) is 2.94. The number of aryl methyl sites for hydroxylation is 1. The van der Waals surface area contributed by atoms with Crippen molar-refractivity contribution in [3.05, 3.63) is 53.6 Å². The molecule has 0 bridgehead atoms. The van der Waals surface area contributed by atoms with Gasteiger partial charge in [-0.2, -0.15) is 0 Å². The molecule has 2 aromatic rings. The van der Waals surface area contributed by atoms with Crippen LogP contribution in [0.25, 0.3) is 11.1 Å². The van der Waals surface area contributed by atoms with E-state index in [0.717, 1.165) is 11.1 Å². The van der Waals surface area contributed by atoms with Crippen molar-refractivity contribution in [3.63, 3.8) is 0 Å². The van der Waals surface area contributed by atoms with E-state index in [4.69, 9.17) is 10.8 Å². The first-order valence-corrected chi connectivity index (χ1v) is 5.29. The van der Waals surface area contributed by atoms with Gasteiger partial charge in [0.25, 0.3) is 0 Å². The van der Waals surface area contributed by atoms with Crippen LogP contribution in [0.3, 0.4) is 0 Å². The first kappa shape index (κ1) is 11.2. The van der Waals surface area contributed by atoms with Crippen molar-refractivity contribution < 1.29 is 9.90 Å². The zero-order valence-corrected chi connectivity index (χ0v) is 9.47. The van der Waals surface area contributed by atoms with Crippen molar-refractivity contribution in [3.8, 4) is 11.1 Å². The Bertz CT molecular complexity index is 576. The summed E-state index contributed by atoms with van der Waals surface area (Å²) in [7, 11) is 0. The quantitative estimate of drug-likeness (QED) is 0.775. The average Bonchev–Trinajstić information content (AvgIpc) is 2.33. The van der Waals surface area contributed by atoms with E-state index in [2.05, 4.69) is 0 Å². The minimum Gasteiger partial charge on any atom is -0.478 e. The summed E-state index contributed by atoms with van der Waals surface area (Å²) in [4.78, 5) is 11.2. The van der Waals surface area contributed by atoms with Crippen LogP contribution in [0.15, 0.2) is 42.5 Å². The Kier molecular flexibility index (Phi) is 2.83. The molecular formula is C14H13NO2. The lowest BCUT2D eigenvalue weighted by Crippen LogP contribution is -2.01. The fraction of sp³-hybridized carbons (Fsp3) is 0.0714. The highest BCUT2D eigenvalue weighted by Crippen LogP contribution is 2.30. The topological polar surface area (TPSA) is 63.3 Å². The van der Waals surface area contributed by atoms with Crippen LogP contribution in [0.5, 0.6) is 0 Å². The number of hydrogen-bond donors (Lipinski definition) is 2. The fourth-order valence-electron chi connectivity index (χ4n) is 1.82. The zero-order chi connectivity index (χ0) is 12.4. The molecule has 0 aliphatic carbocycles. The van der Waals surface area contributed by atoms with Crippen LogP contribution in [-0.4, -0.2) is 11.1 Å². The van der Waals surface area contributed by atoms with Crippen LogP contribution in [0, 0.1) is 6.92 Å². The van der Waals surface area contributed by atoms with Crippen molar-refractivity contribution in [1.29, 1.82) is 0 Å². The lowest BCUT2D eigenvalue weighted by Gasteiger charge is -2.10. The molecule has 0 aliphatic heterocycles. The van der Waals surface area contributed by atoms with Crippen molar-refractivity contribution in [2.75, 3.05) is 5.73 Å². The van der Waals surface area contributed by atoms with Crippen molar-refractivity contribution in [2.45, 2.75) is 6.92 Å². The minimum atomic E-state index is -0.943. The SMILES string of the molecule is Cc1cccc(-c2ccccc2C(=O)O)c1N. The van der Waals surface area contributed by atoms with E-state index in [1.807, 2.05) is 31.2 Å². The van der Waals surface area contributed by atoms with Crippen LogP contribution in [0.1, 0.15) is 15.9 Å². The summed E-state index contributed by atoms with van der Waals surface area (Å²) in [5, 5.41) is 9.15. The van der Waals surface area contributed by atoms with Gasteiger partial charge in [-0.05, 0) is 24.1 Å².